The summed E-state index contributed by atoms with van der Waals surface area (Å²) in [7, 11) is 0. The van der Waals surface area contributed by atoms with Crippen molar-refractivity contribution in [3.8, 4) is 0 Å². The Morgan fingerprint density at radius 2 is 1.42 bits per heavy atom. The van der Waals surface area contributed by atoms with Crippen LogP contribution in [0.1, 0.15) is 41.7 Å². The van der Waals surface area contributed by atoms with E-state index in [-0.39, 0.29) is 24.8 Å². The van der Waals surface area contributed by atoms with Gasteiger partial charge in [-0.3, -0.25) is 9.98 Å². The second-order valence-corrected chi connectivity index (χ2v) is 8.97. The molecule has 8 heteroatoms. The molecule has 2 aromatic carbocycles. The van der Waals surface area contributed by atoms with E-state index in [1.165, 1.54) is 16.7 Å². The minimum atomic E-state index is 0. The van der Waals surface area contributed by atoms with Gasteiger partial charge in [0.2, 0.25) is 0 Å². The fourth-order valence-corrected chi connectivity index (χ4v) is 3.91. The molecule has 0 radical (unpaired) electrons. The van der Waals surface area contributed by atoms with E-state index in [0.29, 0.717) is 10.0 Å². The minimum Gasteiger partial charge on any atom is -1.00 e. The first kappa shape index (κ1) is 31.6. The Kier molecular flexibility index (Phi) is 14.2. The summed E-state index contributed by atoms with van der Waals surface area (Å²) in [4.78, 5) is 13.0. The molecule has 177 valence electrons. The van der Waals surface area contributed by atoms with Crippen LogP contribution in [-0.4, -0.2) is 15.3 Å². The predicted octanol–water partition coefficient (Wildman–Crippen LogP) is 2.05. The van der Waals surface area contributed by atoms with Gasteiger partial charge in [0.05, 0.1) is 10.7 Å². The first-order valence-corrected chi connectivity index (χ1v) is 11.1. The molecule has 0 aliphatic rings. The fourth-order valence-electron chi connectivity index (χ4n) is 3.15. The molecule has 0 unspecified atom stereocenters. The van der Waals surface area contributed by atoms with Crippen LogP contribution >= 0.6 is 23.2 Å². The molecular formula is C25H26Cl4FeN3. The van der Waals surface area contributed by atoms with Crippen LogP contribution in [0.3, 0.4) is 0 Å². The van der Waals surface area contributed by atoms with Crippen LogP contribution in [0.25, 0.3) is 0 Å². The zero-order valence-corrected chi connectivity index (χ0v) is 23.5. The summed E-state index contributed by atoms with van der Waals surface area (Å²) < 4.78 is 0.857. The molecular weight excluding hydrogens is 540 g/mol. The Balaban J connectivity index is 0.000000613. The third-order valence-corrected chi connectivity index (χ3v) is 5.11. The standard InChI is InChI=1S/C14H12Cl2N2.C11H14N.2ClH.Fe/c1-9-6-12(15)7-13(16)14(9)18-10(2)11-4-3-5-17-8-11;1-5-12-11-9(3)6-8(2)7-10(11)4;;;/h3-8H,1-2H3;6-7H,1-4H3;2*1H;/q;;;;+2/p-2. The van der Waals surface area contributed by atoms with Crippen molar-refractivity contribution in [3.63, 3.8) is 0 Å². The zero-order valence-electron chi connectivity index (χ0n) is 19.3. The number of aliphatic imine (C=N–C) groups is 2. The van der Waals surface area contributed by atoms with Crippen molar-refractivity contribution in [3.05, 3.63) is 86.7 Å². The maximum absolute atomic E-state index is 6.16. The van der Waals surface area contributed by atoms with Crippen LogP contribution in [-0.2, 0) is 16.0 Å². The average Bonchev–Trinajstić information content (AvgIpc) is 2.68. The second-order valence-electron chi connectivity index (χ2n) is 7.33. The van der Waals surface area contributed by atoms with E-state index in [9.17, 15) is 0 Å². The van der Waals surface area contributed by atoms with Crippen molar-refractivity contribution in [2.24, 2.45) is 9.98 Å². The third kappa shape index (κ3) is 9.78. The van der Waals surface area contributed by atoms with Crippen molar-refractivity contribution in [2.75, 3.05) is 0 Å². The SMILES string of the molecule is CC(=Nc1c(C)cc(Cl)cc1Cl)c1cccnc1.C[C]([Fe+2])=Nc1c(C)cc(C)cc1C.[Cl-].[Cl-]. The molecule has 0 spiro atoms. The van der Waals surface area contributed by atoms with Gasteiger partial charge in [-0.1, -0.05) is 29.3 Å². The number of hydrogen-bond acceptors (Lipinski definition) is 3. The van der Waals surface area contributed by atoms with Crippen molar-refractivity contribution in [1.82, 2.24) is 4.98 Å². The fraction of sp³-hybridized carbons (Fsp3) is 0.240. The first-order valence-electron chi connectivity index (χ1n) is 9.77. The molecule has 0 aliphatic heterocycles. The Labute approximate surface area is 227 Å². The maximum Gasteiger partial charge on any atom is -1.00 e. The summed E-state index contributed by atoms with van der Waals surface area (Å²) in [6.45, 7) is 12.1. The molecule has 3 rings (SSSR count). The Morgan fingerprint density at radius 3 is 1.91 bits per heavy atom. The Hall–Kier alpha value is -1.39. The zero-order chi connectivity index (χ0) is 23.1. The molecule has 33 heavy (non-hydrogen) atoms. The monoisotopic (exact) mass is 564 g/mol. The summed E-state index contributed by atoms with van der Waals surface area (Å²) in [5.74, 6) is 0. The van der Waals surface area contributed by atoms with Crippen LogP contribution in [0.15, 0.2) is 58.8 Å². The van der Waals surface area contributed by atoms with Crippen molar-refractivity contribution in [1.29, 1.82) is 0 Å². The maximum atomic E-state index is 6.16. The number of halogens is 4. The molecule has 3 nitrogen and oxygen atoms in total. The molecule has 1 aromatic heterocycles. The van der Waals surface area contributed by atoms with Crippen molar-refractivity contribution >= 4 is 44.9 Å². The van der Waals surface area contributed by atoms with Crippen LogP contribution in [0.5, 0.6) is 0 Å². The van der Waals surface area contributed by atoms with Gasteiger partial charge in [0, 0.05) is 28.7 Å². The van der Waals surface area contributed by atoms with Crippen LogP contribution < -0.4 is 24.8 Å². The summed E-state index contributed by atoms with van der Waals surface area (Å²) in [6, 6.07) is 11.7. The van der Waals surface area contributed by atoms with Gasteiger partial charge in [-0.05, 0) is 37.6 Å². The van der Waals surface area contributed by atoms with E-state index in [4.69, 9.17) is 23.2 Å². The molecule has 1 heterocycles. The molecule has 0 aliphatic carbocycles. The van der Waals surface area contributed by atoms with E-state index in [1.54, 1.807) is 18.5 Å². The third-order valence-electron chi connectivity index (χ3n) is 4.48. The number of aromatic nitrogens is 1. The molecule has 0 amide bonds. The number of rotatable bonds is 3. The molecule has 0 fully saturated rings. The van der Waals surface area contributed by atoms with Gasteiger partial charge in [-0.25, -0.2) is 0 Å². The van der Waals surface area contributed by atoms with Gasteiger partial charge < -0.3 is 24.8 Å². The normalized spacial score (nSPS) is 11.0. The number of benzene rings is 2. The van der Waals surface area contributed by atoms with Crippen LogP contribution in [0, 0.1) is 27.7 Å². The smallest absolute Gasteiger partial charge is 1.00 e. The quantitative estimate of drug-likeness (QED) is 0.354. The van der Waals surface area contributed by atoms with E-state index >= 15 is 0 Å². The summed E-state index contributed by atoms with van der Waals surface area (Å²) in [5, 5.41) is 1.18. The number of hydrogen-bond donors (Lipinski definition) is 0. The Morgan fingerprint density at radius 1 is 0.848 bits per heavy atom. The van der Waals surface area contributed by atoms with Crippen molar-refractivity contribution < 1.29 is 40.8 Å². The minimum absolute atomic E-state index is 0. The molecule has 0 saturated carbocycles. The van der Waals surface area contributed by atoms with Gasteiger partial charge in [-0.2, -0.15) is 0 Å². The van der Waals surface area contributed by atoms with E-state index in [2.05, 4.69) is 63.9 Å². The van der Waals surface area contributed by atoms with E-state index < -0.39 is 0 Å². The summed E-state index contributed by atoms with van der Waals surface area (Å²) in [6.07, 6.45) is 3.51. The molecule has 0 atom stereocenters. The molecule has 0 N–H and O–H groups in total. The topological polar surface area (TPSA) is 37.6 Å². The molecule has 3 aromatic rings. The van der Waals surface area contributed by atoms with Gasteiger partial charge in [0.15, 0.2) is 0 Å². The van der Waals surface area contributed by atoms with E-state index in [0.717, 1.165) is 32.8 Å². The van der Waals surface area contributed by atoms with Gasteiger partial charge in [-0.15, -0.1) is 0 Å². The van der Waals surface area contributed by atoms with Gasteiger partial charge in [0.1, 0.15) is 0 Å². The molecule has 0 saturated heterocycles. The van der Waals surface area contributed by atoms with Gasteiger partial charge in [0.25, 0.3) is 0 Å². The van der Waals surface area contributed by atoms with E-state index in [1.807, 2.05) is 39.0 Å². The van der Waals surface area contributed by atoms with Crippen LogP contribution in [0.2, 0.25) is 10.0 Å². The van der Waals surface area contributed by atoms with Gasteiger partial charge >= 0.3 is 87.8 Å². The first-order chi connectivity index (χ1) is 14.6. The number of aryl methyl sites for hydroxylation is 4. The van der Waals surface area contributed by atoms with Crippen LogP contribution in [0.4, 0.5) is 11.4 Å². The predicted molar refractivity (Wildman–Crippen MR) is 131 cm³/mol. The summed E-state index contributed by atoms with van der Waals surface area (Å²) in [5.41, 5.74) is 8.35. The number of nitrogens with zero attached hydrogens (tertiary/aromatic N) is 3. The Bertz CT molecular complexity index is 1080. The number of pyridine rings is 1. The molecule has 0 bridgehead atoms. The largest absolute Gasteiger partial charge is 1.00 e. The second kappa shape index (κ2) is 14.8. The summed E-state index contributed by atoms with van der Waals surface area (Å²) >= 11 is 15.9. The average molecular weight is 566 g/mol. The van der Waals surface area contributed by atoms with Crippen molar-refractivity contribution in [2.45, 2.75) is 41.5 Å².